The first-order valence-corrected chi connectivity index (χ1v) is 5.27. The van der Waals surface area contributed by atoms with Crippen LogP contribution in [0.4, 0.5) is 0 Å². The largest absolute Gasteiger partial charge is 0.303 e. The second kappa shape index (κ2) is 5.98. The van der Waals surface area contributed by atoms with E-state index in [-0.39, 0.29) is 5.92 Å². The molecule has 1 rings (SSSR count). The van der Waals surface area contributed by atoms with Crippen LogP contribution >= 0.6 is 0 Å². The molecule has 0 fully saturated rings. The molecule has 2 heteroatoms. The lowest BCUT2D eigenvalue weighted by molar-refractivity contribution is -0.109. The van der Waals surface area contributed by atoms with Gasteiger partial charge in [-0.05, 0) is 24.1 Å². The van der Waals surface area contributed by atoms with Crippen LogP contribution in [-0.4, -0.2) is 6.29 Å². The van der Waals surface area contributed by atoms with Crippen LogP contribution in [-0.2, 0) is 4.79 Å². The Hall–Kier alpha value is -1.62. The molecular formula is C13H15NO. The molecule has 1 unspecified atom stereocenters. The summed E-state index contributed by atoms with van der Waals surface area (Å²) in [5.74, 6) is -0.0160. The monoisotopic (exact) mass is 201 g/mol. The molecule has 0 radical (unpaired) electrons. The number of benzene rings is 1. The number of unbranched alkanes of at least 4 members (excludes halogenated alkanes) is 1. The molecule has 1 atom stereocenters. The van der Waals surface area contributed by atoms with Crippen LogP contribution in [0.2, 0.25) is 0 Å². The molecule has 0 N–H and O–H groups in total. The van der Waals surface area contributed by atoms with E-state index in [2.05, 4.69) is 13.0 Å². The maximum absolute atomic E-state index is 10.9. The summed E-state index contributed by atoms with van der Waals surface area (Å²) >= 11 is 0. The highest BCUT2D eigenvalue weighted by Crippen LogP contribution is 2.20. The Bertz CT molecular complexity index is 348. The Morgan fingerprint density at radius 3 is 2.53 bits per heavy atom. The average Bonchev–Trinajstić information content (AvgIpc) is 2.31. The molecule has 1 aromatic carbocycles. The van der Waals surface area contributed by atoms with E-state index in [9.17, 15) is 4.79 Å². The first-order valence-electron chi connectivity index (χ1n) is 5.27. The zero-order chi connectivity index (χ0) is 11.1. The quantitative estimate of drug-likeness (QED) is 0.687. The van der Waals surface area contributed by atoms with E-state index in [0.29, 0.717) is 5.56 Å². The first-order chi connectivity index (χ1) is 7.31. The second-order valence-electron chi connectivity index (χ2n) is 3.62. The molecule has 78 valence electrons. The van der Waals surface area contributed by atoms with Crippen LogP contribution in [0.1, 0.15) is 43.2 Å². The summed E-state index contributed by atoms with van der Waals surface area (Å²) in [7, 11) is 0. The Morgan fingerprint density at radius 1 is 1.40 bits per heavy atom. The smallest absolute Gasteiger partial charge is 0.127 e. The van der Waals surface area contributed by atoms with Crippen molar-refractivity contribution in [1.29, 1.82) is 5.26 Å². The van der Waals surface area contributed by atoms with Crippen molar-refractivity contribution < 1.29 is 4.79 Å². The minimum atomic E-state index is -0.0160. The fraction of sp³-hybridized carbons (Fsp3) is 0.385. The van der Waals surface area contributed by atoms with Crippen molar-refractivity contribution in [2.24, 2.45) is 0 Å². The van der Waals surface area contributed by atoms with Gasteiger partial charge < -0.3 is 4.79 Å². The predicted molar refractivity (Wildman–Crippen MR) is 59.5 cm³/mol. The van der Waals surface area contributed by atoms with E-state index in [1.807, 2.05) is 12.1 Å². The Balaban J connectivity index is 2.74. The fourth-order valence-electron chi connectivity index (χ4n) is 1.54. The van der Waals surface area contributed by atoms with Crippen molar-refractivity contribution >= 4 is 6.29 Å². The van der Waals surface area contributed by atoms with Gasteiger partial charge in [-0.25, -0.2) is 0 Å². The highest BCUT2D eigenvalue weighted by Gasteiger charge is 2.09. The summed E-state index contributed by atoms with van der Waals surface area (Å²) in [6.45, 7) is 2.11. The van der Waals surface area contributed by atoms with Crippen molar-refractivity contribution in [1.82, 2.24) is 0 Å². The van der Waals surface area contributed by atoms with E-state index in [4.69, 9.17) is 5.26 Å². The molecule has 0 bridgehead atoms. The first kappa shape index (κ1) is 11.5. The zero-order valence-corrected chi connectivity index (χ0v) is 8.94. The minimum absolute atomic E-state index is 0.0160. The van der Waals surface area contributed by atoms with Gasteiger partial charge in [0.25, 0.3) is 0 Å². The lowest BCUT2D eigenvalue weighted by Gasteiger charge is -2.09. The molecule has 0 aliphatic carbocycles. The molecule has 2 nitrogen and oxygen atoms in total. The van der Waals surface area contributed by atoms with Gasteiger partial charge >= 0.3 is 0 Å². The van der Waals surface area contributed by atoms with Gasteiger partial charge in [-0.2, -0.15) is 5.26 Å². The van der Waals surface area contributed by atoms with Crippen molar-refractivity contribution in [3.8, 4) is 6.07 Å². The molecule has 15 heavy (non-hydrogen) atoms. The topological polar surface area (TPSA) is 40.9 Å². The third-order valence-corrected chi connectivity index (χ3v) is 2.50. The number of carbonyl (C=O) groups excluding carboxylic acids is 1. The van der Waals surface area contributed by atoms with Crippen molar-refractivity contribution in [3.63, 3.8) is 0 Å². The van der Waals surface area contributed by atoms with Gasteiger partial charge in [-0.1, -0.05) is 31.9 Å². The third kappa shape index (κ3) is 3.21. The van der Waals surface area contributed by atoms with Crippen molar-refractivity contribution in [3.05, 3.63) is 35.4 Å². The number of rotatable bonds is 5. The number of hydrogen-bond donors (Lipinski definition) is 0. The van der Waals surface area contributed by atoms with Crippen LogP contribution in [0.5, 0.6) is 0 Å². The van der Waals surface area contributed by atoms with Crippen LogP contribution in [0, 0.1) is 11.3 Å². The lowest BCUT2D eigenvalue weighted by atomic mass is 9.94. The SMILES string of the molecule is CCCCC(C=O)c1ccc(C#N)cc1. The maximum Gasteiger partial charge on any atom is 0.127 e. The molecule has 0 saturated carbocycles. The molecule has 0 heterocycles. The van der Waals surface area contributed by atoms with Crippen LogP contribution in [0.15, 0.2) is 24.3 Å². The highest BCUT2D eigenvalue weighted by atomic mass is 16.1. The van der Waals surface area contributed by atoms with Gasteiger partial charge in [0.05, 0.1) is 11.6 Å². The van der Waals surface area contributed by atoms with E-state index >= 15 is 0 Å². The number of nitrogens with zero attached hydrogens (tertiary/aromatic N) is 1. The fourth-order valence-corrected chi connectivity index (χ4v) is 1.54. The second-order valence-corrected chi connectivity index (χ2v) is 3.62. The van der Waals surface area contributed by atoms with Gasteiger partial charge in [0.1, 0.15) is 6.29 Å². The summed E-state index contributed by atoms with van der Waals surface area (Å²) in [6.07, 6.45) is 4.05. The maximum atomic E-state index is 10.9. The number of hydrogen-bond acceptors (Lipinski definition) is 2. The summed E-state index contributed by atoms with van der Waals surface area (Å²) in [5, 5.41) is 8.65. The lowest BCUT2D eigenvalue weighted by Crippen LogP contribution is -2.00. The molecular weight excluding hydrogens is 186 g/mol. The van der Waals surface area contributed by atoms with E-state index in [1.54, 1.807) is 12.1 Å². The zero-order valence-electron chi connectivity index (χ0n) is 8.94. The van der Waals surface area contributed by atoms with Gasteiger partial charge in [0.2, 0.25) is 0 Å². The third-order valence-electron chi connectivity index (χ3n) is 2.50. The highest BCUT2D eigenvalue weighted by molar-refractivity contribution is 5.62. The number of carbonyl (C=O) groups is 1. The molecule has 1 aromatic rings. The Morgan fingerprint density at radius 2 is 2.07 bits per heavy atom. The summed E-state index contributed by atoms with van der Waals surface area (Å²) in [4.78, 5) is 10.9. The molecule has 0 aromatic heterocycles. The molecule has 0 aliphatic heterocycles. The molecule has 0 spiro atoms. The normalized spacial score (nSPS) is 11.7. The van der Waals surface area contributed by atoms with Gasteiger partial charge in [-0.3, -0.25) is 0 Å². The van der Waals surface area contributed by atoms with E-state index < -0.39 is 0 Å². The number of nitriles is 1. The summed E-state index contributed by atoms with van der Waals surface area (Å²) in [6, 6.07) is 9.33. The number of aldehydes is 1. The minimum Gasteiger partial charge on any atom is -0.303 e. The van der Waals surface area contributed by atoms with Crippen LogP contribution in [0.3, 0.4) is 0 Å². The van der Waals surface area contributed by atoms with Crippen LogP contribution in [0.25, 0.3) is 0 Å². The summed E-state index contributed by atoms with van der Waals surface area (Å²) < 4.78 is 0. The van der Waals surface area contributed by atoms with Crippen molar-refractivity contribution in [2.45, 2.75) is 32.1 Å². The molecule has 0 saturated heterocycles. The summed E-state index contributed by atoms with van der Waals surface area (Å²) in [5.41, 5.74) is 1.65. The Kier molecular flexibility index (Phi) is 4.56. The van der Waals surface area contributed by atoms with Gasteiger partial charge in [0.15, 0.2) is 0 Å². The Labute approximate surface area is 90.5 Å². The van der Waals surface area contributed by atoms with Crippen LogP contribution < -0.4 is 0 Å². The standard InChI is InChI=1S/C13H15NO/c1-2-3-4-13(10-15)12-7-5-11(9-14)6-8-12/h5-8,10,13H,2-4H2,1H3. The van der Waals surface area contributed by atoms with Crippen molar-refractivity contribution in [2.75, 3.05) is 0 Å². The average molecular weight is 201 g/mol. The predicted octanol–water partition coefficient (Wildman–Crippen LogP) is 3.03. The molecule has 0 amide bonds. The molecule has 0 aliphatic rings. The van der Waals surface area contributed by atoms with Gasteiger partial charge in [-0.15, -0.1) is 0 Å². The van der Waals surface area contributed by atoms with Gasteiger partial charge in [0, 0.05) is 5.92 Å². The van der Waals surface area contributed by atoms with E-state index in [0.717, 1.165) is 31.1 Å². The van der Waals surface area contributed by atoms with E-state index in [1.165, 1.54) is 0 Å².